The average Bonchev–Trinajstić information content (AvgIpc) is 2.45. The maximum atomic E-state index is 12.5. The van der Waals surface area contributed by atoms with E-state index in [1.165, 1.54) is 12.1 Å². The van der Waals surface area contributed by atoms with Crippen molar-refractivity contribution in [3.05, 3.63) is 34.4 Å². The Morgan fingerprint density at radius 2 is 1.65 bits per heavy atom. The van der Waals surface area contributed by atoms with Gasteiger partial charge in [0.1, 0.15) is 0 Å². The molecular formula is C18H22O5. The second kappa shape index (κ2) is 6.52. The molecule has 1 aromatic carbocycles. The second-order valence-corrected chi connectivity index (χ2v) is 6.43. The predicted octanol–water partition coefficient (Wildman–Crippen LogP) is 3.20. The largest absolute Gasteiger partial charge is 0.462 e. The van der Waals surface area contributed by atoms with E-state index in [9.17, 15) is 14.4 Å². The summed E-state index contributed by atoms with van der Waals surface area (Å²) in [5, 5.41) is 0. The van der Waals surface area contributed by atoms with Gasteiger partial charge in [0.2, 0.25) is 0 Å². The topological polar surface area (TPSA) is 69.7 Å². The standard InChI is InChI=1S/C18H22O5/c1-5-22-16(20)11-7-12-14(9-18(3,4)10-15(12)19)13(8-11)17(21)23-6-2/h7-8H,5-6,9-10H2,1-4H3. The normalized spacial score (nSPS) is 15.7. The van der Waals surface area contributed by atoms with E-state index in [0.29, 0.717) is 24.0 Å². The zero-order valence-corrected chi connectivity index (χ0v) is 14.0. The molecule has 124 valence electrons. The Bertz CT molecular complexity index is 658. The van der Waals surface area contributed by atoms with Crippen molar-refractivity contribution in [2.75, 3.05) is 13.2 Å². The minimum absolute atomic E-state index is 0.0621. The van der Waals surface area contributed by atoms with E-state index in [1.54, 1.807) is 13.8 Å². The fourth-order valence-electron chi connectivity index (χ4n) is 2.91. The lowest BCUT2D eigenvalue weighted by Crippen LogP contribution is -2.29. The highest BCUT2D eigenvalue weighted by molar-refractivity contribution is 6.06. The maximum Gasteiger partial charge on any atom is 0.338 e. The summed E-state index contributed by atoms with van der Waals surface area (Å²) in [5.74, 6) is -1.12. The summed E-state index contributed by atoms with van der Waals surface area (Å²) < 4.78 is 10.1. The summed E-state index contributed by atoms with van der Waals surface area (Å²) in [5.41, 5.74) is 1.36. The molecule has 0 saturated carbocycles. The van der Waals surface area contributed by atoms with Crippen molar-refractivity contribution < 1.29 is 23.9 Å². The van der Waals surface area contributed by atoms with Crippen molar-refractivity contribution in [1.82, 2.24) is 0 Å². The number of hydrogen-bond donors (Lipinski definition) is 0. The third kappa shape index (κ3) is 3.60. The van der Waals surface area contributed by atoms with E-state index >= 15 is 0 Å². The number of Topliss-reactive ketones (excluding diaryl/α,β-unsaturated/α-hetero) is 1. The lowest BCUT2D eigenvalue weighted by atomic mass is 9.72. The molecule has 0 fully saturated rings. The summed E-state index contributed by atoms with van der Waals surface area (Å²) in [4.78, 5) is 36.8. The van der Waals surface area contributed by atoms with Crippen LogP contribution in [-0.2, 0) is 15.9 Å². The van der Waals surface area contributed by atoms with Gasteiger partial charge in [0.15, 0.2) is 5.78 Å². The molecule has 23 heavy (non-hydrogen) atoms. The Kier molecular flexibility index (Phi) is 4.88. The Morgan fingerprint density at radius 3 is 2.26 bits per heavy atom. The van der Waals surface area contributed by atoms with Crippen LogP contribution < -0.4 is 0 Å². The first kappa shape index (κ1) is 17.2. The smallest absolute Gasteiger partial charge is 0.338 e. The van der Waals surface area contributed by atoms with Gasteiger partial charge in [-0.2, -0.15) is 0 Å². The summed E-state index contributed by atoms with van der Waals surface area (Å²) in [6.45, 7) is 7.86. The molecule has 1 aliphatic carbocycles. The van der Waals surface area contributed by atoms with Crippen molar-refractivity contribution in [3.8, 4) is 0 Å². The molecule has 0 N–H and O–H groups in total. The third-order valence-corrected chi connectivity index (χ3v) is 3.85. The van der Waals surface area contributed by atoms with E-state index in [-0.39, 0.29) is 35.5 Å². The van der Waals surface area contributed by atoms with Gasteiger partial charge in [-0.1, -0.05) is 13.8 Å². The zero-order chi connectivity index (χ0) is 17.2. The highest BCUT2D eigenvalue weighted by atomic mass is 16.5. The fourth-order valence-corrected chi connectivity index (χ4v) is 2.91. The number of carbonyl (C=O) groups is 3. The summed E-state index contributed by atoms with van der Waals surface area (Å²) in [6.07, 6.45) is 0.972. The Labute approximate surface area is 136 Å². The van der Waals surface area contributed by atoms with Gasteiger partial charge in [0.25, 0.3) is 0 Å². The van der Waals surface area contributed by atoms with Crippen LogP contribution in [0.5, 0.6) is 0 Å². The molecular weight excluding hydrogens is 296 g/mol. The first-order chi connectivity index (χ1) is 10.8. The number of esters is 2. The second-order valence-electron chi connectivity index (χ2n) is 6.43. The van der Waals surface area contributed by atoms with Crippen LogP contribution in [0.4, 0.5) is 0 Å². The molecule has 0 unspecified atom stereocenters. The van der Waals surface area contributed by atoms with Crippen molar-refractivity contribution >= 4 is 17.7 Å². The number of carbonyl (C=O) groups excluding carboxylic acids is 3. The Hall–Kier alpha value is -2.17. The maximum absolute atomic E-state index is 12.5. The van der Waals surface area contributed by atoms with Gasteiger partial charge in [0.05, 0.1) is 24.3 Å². The molecule has 0 atom stereocenters. The van der Waals surface area contributed by atoms with Crippen molar-refractivity contribution in [2.45, 2.75) is 40.5 Å². The fraction of sp³-hybridized carbons (Fsp3) is 0.500. The van der Waals surface area contributed by atoms with Crippen molar-refractivity contribution in [3.63, 3.8) is 0 Å². The van der Waals surface area contributed by atoms with Gasteiger partial charge in [-0.05, 0) is 43.4 Å². The van der Waals surface area contributed by atoms with Crippen LogP contribution in [0.3, 0.4) is 0 Å². The van der Waals surface area contributed by atoms with E-state index in [4.69, 9.17) is 9.47 Å². The number of fused-ring (bicyclic) bond motifs is 1. The molecule has 2 rings (SSSR count). The monoisotopic (exact) mass is 318 g/mol. The first-order valence-corrected chi connectivity index (χ1v) is 7.83. The van der Waals surface area contributed by atoms with Gasteiger partial charge in [-0.15, -0.1) is 0 Å². The third-order valence-electron chi connectivity index (χ3n) is 3.85. The zero-order valence-electron chi connectivity index (χ0n) is 14.0. The van der Waals surface area contributed by atoms with E-state index in [1.807, 2.05) is 13.8 Å². The molecule has 0 aliphatic heterocycles. The lowest BCUT2D eigenvalue weighted by Gasteiger charge is -2.31. The van der Waals surface area contributed by atoms with E-state index < -0.39 is 11.9 Å². The van der Waals surface area contributed by atoms with E-state index in [2.05, 4.69) is 0 Å². The van der Waals surface area contributed by atoms with Crippen LogP contribution >= 0.6 is 0 Å². The number of ketones is 1. The summed E-state index contributed by atoms with van der Waals surface area (Å²) >= 11 is 0. The van der Waals surface area contributed by atoms with Gasteiger partial charge in [0, 0.05) is 12.0 Å². The Morgan fingerprint density at radius 1 is 1.04 bits per heavy atom. The van der Waals surface area contributed by atoms with E-state index in [0.717, 1.165) is 0 Å². The number of benzene rings is 1. The van der Waals surface area contributed by atoms with Gasteiger partial charge < -0.3 is 9.47 Å². The first-order valence-electron chi connectivity index (χ1n) is 7.83. The van der Waals surface area contributed by atoms with Crippen LogP contribution in [0, 0.1) is 5.41 Å². The molecule has 0 radical (unpaired) electrons. The molecule has 0 aromatic heterocycles. The SMILES string of the molecule is CCOC(=O)c1cc2c(c(C(=O)OCC)c1)CC(C)(C)CC2=O. The summed E-state index contributed by atoms with van der Waals surface area (Å²) in [6, 6.07) is 3.01. The van der Waals surface area contributed by atoms with Crippen molar-refractivity contribution in [2.24, 2.45) is 5.41 Å². The minimum atomic E-state index is -0.543. The van der Waals surface area contributed by atoms with Crippen LogP contribution in [0.2, 0.25) is 0 Å². The number of ether oxygens (including phenoxy) is 2. The highest BCUT2D eigenvalue weighted by Gasteiger charge is 2.35. The van der Waals surface area contributed by atoms with Crippen LogP contribution in [0.15, 0.2) is 12.1 Å². The molecule has 1 aliphatic rings. The molecule has 0 bridgehead atoms. The van der Waals surface area contributed by atoms with Gasteiger partial charge in [-0.25, -0.2) is 9.59 Å². The number of hydrogen-bond acceptors (Lipinski definition) is 5. The minimum Gasteiger partial charge on any atom is -0.462 e. The Balaban J connectivity index is 2.60. The molecule has 0 heterocycles. The molecule has 5 nitrogen and oxygen atoms in total. The molecule has 0 amide bonds. The quantitative estimate of drug-likeness (QED) is 0.797. The van der Waals surface area contributed by atoms with Crippen LogP contribution in [0.1, 0.15) is 70.8 Å². The summed E-state index contributed by atoms with van der Waals surface area (Å²) in [7, 11) is 0. The average molecular weight is 318 g/mol. The number of rotatable bonds is 4. The molecule has 0 saturated heterocycles. The highest BCUT2D eigenvalue weighted by Crippen LogP contribution is 2.37. The van der Waals surface area contributed by atoms with Crippen molar-refractivity contribution in [1.29, 1.82) is 0 Å². The van der Waals surface area contributed by atoms with Crippen LogP contribution in [0.25, 0.3) is 0 Å². The molecule has 1 aromatic rings. The molecule has 5 heteroatoms. The predicted molar refractivity (Wildman–Crippen MR) is 84.8 cm³/mol. The van der Waals surface area contributed by atoms with Gasteiger partial charge >= 0.3 is 11.9 Å². The van der Waals surface area contributed by atoms with Crippen LogP contribution in [-0.4, -0.2) is 30.9 Å². The molecule has 0 spiro atoms. The van der Waals surface area contributed by atoms with Gasteiger partial charge in [-0.3, -0.25) is 4.79 Å². The lowest BCUT2D eigenvalue weighted by molar-refractivity contribution is 0.0523.